The molecule has 0 radical (unpaired) electrons. The van der Waals surface area contributed by atoms with Crippen LogP contribution < -0.4 is 5.32 Å². The van der Waals surface area contributed by atoms with E-state index in [0.717, 1.165) is 13.0 Å². The minimum atomic E-state index is -0.514. The van der Waals surface area contributed by atoms with E-state index in [-0.39, 0.29) is 11.9 Å². The van der Waals surface area contributed by atoms with Crippen molar-refractivity contribution in [2.24, 2.45) is 0 Å². The Bertz CT molecular complexity index is 592. The Morgan fingerprint density at radius 2 is 2.22 bits per heavy atom. The summed E-state index contributed by atoms with van der Waals surface area (Å²) in [6.45, 7) is 7.39. The van der Waals surface area contributed by atoms with Crippen LogP contribution in [-0.4, -0.2) is 35.7 Å². The lowest BCUT2D eigenvalue weighted by molar-refractivity contribution is 0.0505. The Morgan fingerprint density at radius 1 is 1.52 bits per heavy atom. The predicted octanol–water partition coefficient (Wildman–Crippen LogP) is 4.34. The number of nitrogens with one attached hydrogen (secondary N) is 1. The lowest BCUT2D eigenvalue weighted by Gasteiger charge is -2.22. The number of carbonyl (C=O) groups is 1. The average molecular weight is 408 g/mol. The summed E-state index contributed by atoms with van der Waals surface area (Å²) in [5, 5.41) is 3.35. The summed E-state index contributed by atoms with van der Waals surface area (Å²) in [6.07, 6.45) is 0.396. The van der Waals surface area contributed by atoms with E-state index in [1.807, 2.05) is 20.8 Å². The number of hydrogen-bond donors (Lipinski definition) is 1. The second kappa shape index (κ2) is 7.36. The molecular formula is C16H21BrClFN2O2. The van der Waals surface area contributed by atoms with E-state index < -0.39 is 11.7 Å². The van der Waals surface area contributed by atoms with Crippen LogP contribution in [0.3, 0.4) is 0 Å². The Labute approximate surface area is 149 Å². The van der Waals surface area contributed by atoms with Gasteiger partial charge in [-0.05, 0) is 55.3 Å². The number of likely N-dealkylation sites (tertiary alicyclic amines) is 1. The Hall–Kier alpha value is -0.850. The van der Waals surface area contributed by atoms with Gasteiger partial charge in [-0.2, -0.15) is 0 Å². The van der Waals surface area contributed by atoms with E-state index >= 15 is 0 Å². The van der Waals surface area contributed by atoms with Crippen LogP contribution in [0.5, 0.6) is 0 Å². The zero-order valence-corrected chi connectivity index (χ0v) is 15.8. The summed E-state index contributed by atoms with van der Waals surface area (Å²) in [4.78, 5) is 13.9. The van der Waals surface area contributed by atoms with Gasteiger partial charge in [0.25, 0.3) is 0 Å². The molecule has 0 spiro atoms. The van der Waals surface area contributed by atoms with Crippen molar-refractivity contribution in [2.45, 2.75) is 45.4 Å². The van der Waals surface area contributed by atoms with Crippen LogP contribution in [0.25, 0.3) is 0 Å². The standard InChI is InChI=1S/C16H21BrClFN2O2/c1-16(2,3)23-15(22)20-11-4-5-21(9-11)8-10-6-13(18)12(17)7-14(10)19/h6-7,11H,4-5,8-9H2,1-3H3,(H,20,22). The van der Waals surface area contributed by atoms with Gasteiger partial charge in [-0.3, -0.25) is 4.90 Å². The molecule has 1 heterocycles. The van der Waals surface area contributed by atoms with Crippen molar-refractivity contribution in [1.29, 1.82) is 0 Å². The van der Waals surface area contributed by atoms with Gasteiger partial charge in [0.05, 0.1) is 5.02 Å². The molecule has 4 nitrogen and oxygen atoms in total. The third-order valence-electron chi connectivity index (χ3n) is 3.48. The molecule has 23 heavy (non-hydrogen) atoms. The molecule has 1 N–H and O–H groups in total. The molecule has 128 valence electrons. The van der Waals surface area contributed by atoms with Crippen LogP contribution in [0, 0.1) is 5.82 Å². The first-order valence-electron chi connectivity index (χ1n) is 7.49. The minimum absolute atomic E-state index is 0.0128. The third-order valence-corrected chi connectivity index (χ3v) is 4.67. The van der Waals surface area contributed by atoms with Crippen molar-refractivity contribution in [3.63, 3.8) is 0 Å². The van der Waals surface area contributed by atoms with Gasteiger partial charge in [0, 0.05) is 35.7 Å². The molecule has 1 unspecified atom stereocenters. The molecule has 1 atom stereocenters. The smallest absolute Gasteiger partial charge is 0.407 e. The molecule has 0 aliphatic carbocycles. The van der Waals surface area contributed by atoms with E-state index in [0.29, 0.717) is 28.1 Å². The molecule has 1 aromatic carbocycles. The molecule has 2 rings (SSSR count). The maximum Gasteiger partial charge on any atom is 0.407 e. The minimum Gasteiger partial charge on any atom is -0.444 e. The fourth-order valence-corrected chi connectivity index (χ4v) is 3.00. The van der Waals surface area contributed by atoms with Crippen LogP contribution in [-0.2, 0) is 11.3 Å². The number of hydrogen-bond acceptors (Lipinski definition) is 3. The average Bonchev–Trinajstić information content (AvgIpc) is 2.80. The van der Waals surface area contributed by atoms with E-state index in [1.165, 1.54) is 6.07 Å². The number of ether oxygens (including phenoxy) is 1. The third kappa shape index (κ3) is 5.62. The fourth-order valence-electron chi connectivity index (χ4n) is 2.49. The molecule has 1 aromatic rings. The fraction of sp³-hybridized carbons (Fsp3) is 0.562. The number of amides is 1. The SMILES string of the molecule is CC(C)(C)OC(=O)NC1CCN(Cc2cc(Cl)c(Br)cc2F)C1. The summed E-state index contributed by atoms with van der Waals surface area (Å²) in [7, 11) is 0. The molecule has 0 aromatic heterocycles. The molecule has 0 bridgehead atoms. The Morgan fingerprint density at radius 3 is 2.87 bits per heavy atom. The zero-order chi connectivity index (χ0) is 17.2. The highest BCUT2D eigenvalue weighted by molar-refractivity contribution is 9.10. The van der Waals surface area contributed by atoms with Crippen molar-refractivity contribution < 1.29 is 13.9 Å². The quantitative estimate of drug-likeness (QED) is 0.758. The van der Waals surface area contributed by atoms with Crippen LogP contribution in [0.15, 0.2) is 16.6 Å². The molecule has 1 saturated heterocycles. The van der Waals surface area contributed by atoms with Crippen molar-refractivity contribution in [3.05, 3.63) is 33.0 Å². The number of benzene rings is 1. The number of halogens is 3. The van der Waals surface area contributed by atoms with Crippen molar-refractivity contribution in [3.8, 4) is 0 Å². The van der Waals surface area contributed by atoms with Crippen molar-refractivity contribution >= 4 is 33.6 Å². The normalized spacial score (nSPS) is 19.0. The monoisotopic (exact) mass is 406 g/mol. The van der Waals surface area contributed by atoms with Gasteiger partial charge >= 0.3 is 6.09 Å². The van der Waals surface area contributed by atoms with Gasteiger partial charge < -0.3 is 10.1 Å². The van der Waals surface area contributed by atoms with Gasteiger partial charge in [0.15, 0.2) is 0 Å². The summed E-state index contributed by atoms with van der Waals surface area (Å²) in [5.74, 6) is -0.287. The summed E-state index contributed by atoms with van der Waals surface area (Å²) < 4.78 is 19.8. The van der Waals surface area contributed by atoms with Gasteiger partial charge in [-0.25, -0.2) is 9.18 Å². The van der Waals surface area contributed by atoms with Crippen LogP contribution in [0.4, 0.5) is 9.18 Å². The number of alkyl carbamates (subject to hydrolysis) is 1. The highest BCUT2D eigenvalue weighted by Gasteiger charge is 2.26. The highest BCUT2D eigenvalue weighted by atomic mass is 79.9. The van der Waals surface area contributed by atoms with Crippen molar-refractivity contribution in [1.82, 2.24) is 10.2 Å². The van der Waals surface area contributed by atoms with E-state index in [9.17, 15) is 9.18 Å². The topological polar surface area (TPSA) is 41.6 Å². The Balaban J connectivity index is 1.89. The Kier molecular flexibility index (Phi) is 5.92. The molecule has 7 heteroatoms. The first-order chi connectivity index (χ1) is 10.6. The van der Waals surface area contributed by atoms with Crippen LogP contribution in [0.1, 0.15) is 32.8 Å². The second-order valence-electron chi connectivity index (χ2n) is 6.72. The molecule has 1 fully saturated rings. The first-order valence-corrected chi connectivity index (χ1v) is 8.66. The largest absolute Gasteiger partial charge is 0.444 e. The first kappa shape index (κ1) is 18.5. The molecule has 1 amide bonds. The lowest BCUT2D eigenvalue weighted by atomic mass is 10.2. The predicted molar refractivity (Wildman–Crippen MR) is 92.2 cm³/mol. The van der Waals surface area contributed by atoms with Gasteiger partial charge in [-0.1, -0.05) is 11.6 Å². The maximum absolute atomic E-state index is 14.0. The molecule has 1 aliphatic rings. The zero-order valence-electron chi connectivity index (χ0n) is 13.5. The van der Waals surface area contributed by atoms with E-state index in [2.05, 4.69) is 26.1 Å². The van der Waals surface area contributed by atoms with E-state index in [4.69, 9.17) is 16.3 Å². The number of rotatable bonds is 3. The number of nitrogens with zero attached hydrogens (tertiary/aromatic N) is 1. The number of carbonyl (C=O) groups excluding carboxylic acids is 1. The highest BCUT2D eigenvalue weighted by Crippen LogP contribution is 2.27. The van der Waals surface area contributed by atoms with Gasteiger partial charge in [0.2, 0.25) is 0 Å². The summed E-state index contributed by atoms with van der Waals surface area (Å²) >= 11 is 9.23. The van der Waals surface area contributed by atoms with Crippen molar-refractivity contribution in [2.75, 3.05) is 13.1 Å². The summed E-state index contributed by atoms with van der Waals surface area (Å²) in [5.41, 5.74) is 0.0378. The van der Waals surface area contributed by atoms with E-state index in [1.54, 1.807) is 6.07 Å². The van der Waals surface area contributed by atoms with Crippen LogP contribution >= 0.6 is 27.5 Å². The molecule has 0 saturated carbocycles. The maximum atomic E-state index is 14.0. The lowest BCUT2D eigenvalue weighted by Crippen LogP contribution is -2.40. The van der Waals surface area contributed by atoms with Gasteiger partial charge in [0.1, 0.15) is 11.4 Å². The summed E-state index contributed by atoms with van der Waals surface area (Å²) in [6, 6.07) is 3.03. The molecule has 1 aliphatic heterocycles. The van der Waals surface area contributed by atoms with Crippen LogP contribution in [0.2, 0.25) is 5.02 Å². The second-order valence-corrected chi connectivity index (χ2v) is 7.99. The molecular weight excluding hydrogens is 387 g/mol. The van der Waals surface area contributed by atoms with Gasteiger partial charge in [-0.15, -0.1) is 0 Å².